The van der Waals surface area contributed by atoms with Crippen LogP contribution in [0.3, 0.4) is 0 Å². The molecule has 2 heterocycles. The van der Waals surface area contributed by atoms with Crippen LogP contribution in [0.2, 0.25) is 5.15 Å². The van der Waals surface area contributed by atoms with E-state index in [4.69, 9.17) is 11.6 Å². The second-order valence-corrected chi connectivity index (χ2v) is 6.70. The predicted molar refractivity (Wildman–Crippen MR) is 97.0 cm³/mol. The lowest BCUT2D eigenvalue weighted by molar-refractivity contribution is 0.0785. The van der Waals surface area contributed by atoms with E-state index >= 15 is 0 Å². The zero-order valence-corrected chi connectivity index (χ0v) is 15.0. The molecule has 2 N–H and O–H groups in total. The Balaban J connectivity index is 1.84. The van der Waals surface area contributed by atoms with E-state index in [1.165, 1.54) is 4.52 Å². The van der Waals surface area contributed by atoms with Gasteiger partial charge in [-0.05, 0) is 38.0 Å². The molecule has 0 aliphatic heterocycles. The Morgan fingerprint density at radius 3 is 2.56 bits per heavy atom. The lowest BCUT2D eigenvalue weighted by Crippen LogP contribution is -2.17. The molecule has 3 aromatic rings. The summed E-state index contributed by atoms with van der Waals surface area (Å²) < 4.78 is 1.54. The fraction of sp³-hybridized carbons (Fsp3) is 0.278. The van der Waals surface area contributed by atoms with Crippen LogP contribution in [0.15, 0.2) is 36.4 Å². The first-order valence-electron chi connectivity index (χ1n) is 7.97. The van der Waals surface area contributed by atoms with Crippen LogP contribution in [0.1, 0.15) is 42.4 Å². The quantitative estimate of drug-likeness (QED) is 0.700. The van der Waals surface area contributed by atoms with E-state index in [0.717, 1.165) is 17.7 Å². The van der Waals surface area contributed by atoms with Gasteiger partial charge in [0.2, 0.25) is 0 Å². The van der Waals surface area contributed by atoms with Gasteiger partial charge in [0.1, 0.15) is 11.0 Å². The van der Waals surface area contributed by atoms with Crippen LogP contribution < -0.4 is 5.32 Å². The van der Waals surface area contributed by atoms with Crippen molar-refractivity contribution in [2.75, 3.05) is 5.32 Å². The maximum absolute atomic E-state index is 12.4. The number of aryl methyl sites for hydroxylation is 1. The number of aromatic nitrogens is 3. The van der Waals surface area contributed by atoms with E-state index in [0.29, 0.717) is 22.2 Å². The summed E-state index contributed by atoms with van der Waals surface area (Å²) in [4.78, 5) is 16.8. The van der Waals surface area contributed by atoms with Crippen molar-refractivity contribution in [2.24, 2.45) is 0 Å². The van der Waals surface area contributed by atoms with Crippen LogP contribution in [0.4, 0.5) is 5.82 Å². The SMILES string of the molecule is CCc1cc2nc(NC(=O)c3ccc(C(C)(C)O)cc3)cc(Cl)n2n1. The Kier molecular flexibility index (Phi) is 4.49. The molecule has 0 atom stereocenters. The topological polar surface area (TPSA) is 79.5 Å². The van der Waals surface area contributed by atoms with Crippen LogP contribution in [0.5, 0.6) is 0 Å². The molecule has 1 aromatic carbocycles. The minimum Gasteiger partial charge on any atom is -0.386 e. The number of rotatable bonds is 4. The molecule has 0 fully saturated rings. The summed E-state index contributed by atoms with van der Waals surface area (Å²) in [6.07, 6.45) is 0.773. The average molecular weight is 359 g/mol. The number of carbonyl (C=O) groups is 1. The zero-order chi connectivity index (χ0) is 18.2. The molecule has 6 nitrogen and oxygen atoms in total. The summed E-state index contributed by atoms with van der Waals surface area (Å²) in [5, 5.41) is 17.4. The van der Waals surface area contributed by atoms with Gasteiger partial charge in [0.15, 0.2) is 5.65 Å². The van der Waals surface area contributed by atoms with Crippen LogP contribution in [-0.4, -0.2) is 25.6 Å². The van der Waals surface area contributed by atoms with Crippen LogP contribution in [-0.2, 0) is 12.0 Å². The second-order valence-electron chi connectivity index (χ2n) is 6.31. The van der Waals surface area contributed by atoms with Gasteiger partial charge in [-0.25, -0.2) is 9.50 Å². The number of benzene rings is 1. The second kappa shape index (κ2) is 6.46. The number of aliphatic hydroxyl groups is 1. The number of nitrogens with zero attached hydrogens (tertiary/aromatic N) is 3. The highest BCUT2D eigenvalue weighted by Crippen LogP contribution is 2.21. The molecule has 7 heteroatoms. The maximum atomic E-state index is 12.4. The lowest BCUT2D eigenvalue weighted by Gasteiger charge is -2.17. The fourth-order valence-corrected chi connectivity index (χ4v) is 2.67. The Bertz CT molecular complexity index is 927. The minimum atomic E-state index is -0.950. The molecule has 0 bridgehead atoms. The van der Waals surface area contributed by atoms with Crippen molar-refractivity contribution in [1.29, 1.82) is 0 Å². The standard InChI is InChI=1S/C18H19ClN4O2/c1-4-13-9-16-20-15(10-14(19)23(16)22-13)21-17(24)11-5-7-12(8-6-11)18(2,3)25/h5-10,25H,4H2,1-3H3,(H,20,21,24). The number of amides is 1. The molecule has 0 aliphatic rings. The normalized spacial score (nSPS) is 11.7. The predicted octanol–water partition coefficient (Wildman–Crippen LogP) is 3.42. The number of fused-ring (bicyclic) bond motifs is 1. The molecule has 130 valence electrons. The first-order chi connectivity index (χ1) is 11.8. The van der Waals surface area contributed by atoms with Gasteiger partial charge >= 0.3 is 0 Å². The Morgan fingerprint density at radius 1 is 1.28 bits per heavy atom. The van der Waals surface area contributed by atoms with Crippen molar-refractivity contribution in [3.63, 3.8) is 0 Å². The van der Waals surface area contributed by atoms with Crippen molar-refractivity contribution >= 4 is 29.0 Å². The molecule has 0 spiro atoms. The van der Waals surface area contributed by atoms with Crippen LogP contribution >= 0.6 is 11.6 Å². The zero-order valence-electron chi connectivity index (χ0n) is 14.2. The van der Waals surface area contributed by atoms with Crippen molar-refractivity contribution in [3.05, 3.63) is 58.4 Å². The molecule has 2 aromatic heterocycles. The summed E-state index contributed by atoms with van der Waals surface area (Å²) in [5.74, 6) is 0.0575. The van der Waals surface area contributed by atoms with Gasteiger partial charge in [0.05, 0.1) is 11.3 Å². The first kappa shape index (κ1) is 17.4. The van der Waals surface area contributed by atoms with E-state index in [9.17, 15) is 9.90 Å². The molecule has 0 aliphatic carbocycles. The molecule has 1 amide bonds. The summed E-state index contributed by atoms with van der Waals surface area (Å²) in [5.41, 5.74) is 1.71. The highest BCUT2D eigenvalue weighted by atomic mass is 35.5. The number of nitrogens with one attached hydrogen (secondary N) is 1. The third-order valence-electron chi connectivity index (χ3n) is 3.89. The van der Waals surface area contributed by atoms with Crippen molar-refractivity contribution in [2.45, 2.75) is 32.8 Å². The van der Waals surface area contributed by atoms with Gasteiger partial charge < -0.3 is 10.4 Å². The summed E-state index contributed by atoms with van der Waals surface area (Å²) in [7, 11) is 0. The Hall–Kier alpha value is -2.44. The van der Waals surface area contributed by atoms with Gasteiger partial charge in [0.25, 0.3) is 5.91 Å². The highest BCUT2D eigenvalue weighted by Gasteiger charge is 2.17. The molecule has 0 saturated carbocycles. The molecule has 25 heavy (non-hydrogen) atoms. The van der Waals surface area contributed by atoms with Gasteiger partial charge in [0, 0.05) is 17.7 Å². The summed E-state index contributed by atoms with van der Waals surface area (Å²) in [6, 6.07) is 10.2. The van der Waals surface area contributed by atoms with Gasteiger partial charge in [-0.1, -0.05) is 30.7 Å². The monoisotopic (exact) mass is 358 g/mol. The van der Waals surface area contributed by atoms with Crippen molar-refractivity contribution < 1.29 is 9.90 Å². The summed E-state index contributed by atoms with van der Waals surface area (Å²) in [6.45, 7) is 5.38. The highest BCUT2D eigenvalue weighted by molar-refractivity contribution is 6.30. The molecule has 0 saturated heterocycles. The number of anilines is 1. The van der Waals surface area contributed by atoms with E-state index in [1.807, 2.05) is 13.0 Å². The van der Waals surface area contributed by atoms with E-state index in [-0.39, 0.29) is 5.91 Å². The van der Waals surface area contributed by atoms with E-state index < -0.39 is 5.60 Å². The van der Waals surface area contributed by atoms with Gasteiger partial charge in [-0.2, -0.15) is 5.10 Å². The third-order valence-corrected chi connectivity index (χ3v) is 4.16. The number of hydrogen-bond donors (Lipinski definition) is 2. The number of halogens is 1. The molecule has 0 radical (unpaired) electrons. The molecule has 3 rings (SSSR count). The van der Waals surface area contributed by atoms with Gasteiger partial charge in [-0.15, -0.1) is 0 Å². The average Bonchev–Trinajstić information content (AvgIpc) is 2.98. The summed E-state index contributed by atoms with van der Waals surface area (Å²) >= 11 is 6.21. The number of carbonyl (C=O) groups excluding carboxylic acids is 1. The largest absolute Gasteiger partial charge is 0.386 e. The first-order valence-corrected chi connectivity index (χ1v) is 8.35. The molecular weight excluding hydrogens is 340 g/mol. The van der Waals surface area contributed by atoms with E-state index in [1.54, 1.807) is 44.2 Å². The van der Waals surface area contributed by atoms with Crippen molar-refractivity contribution in [3.8, 4) is 0 Å². The third kappa shape index (κ3) is 3.65. The smallest absolute Gasteiger partial charge is 0.256 e. The minimum absolute atomic E-state index is 0.301. The molecule has 0 unspecified atom stereocenters. The lowest BCUT2D eigenvalue weighted by atomic mass is 9.97. The van der Waals surface area contributed by atoms with Gasteiger partial charge in [-0.3, -0.25) is 4.79 Å². The molecular formula is C18H19ClN4O2. The van der Waals surface area contributed by atoms with Crippen LogP contribution in [0.25, 0.3) is 5.65 Å². The fourth-order valence-electron chi connectivity index (χ4n) is 2.44. The van der Waals surface area contributed by atoms with E-state index in [2.05, 4.69) is 15.4 Å². The Labute approximate surface area is 150 Å². The number of hydrogen-bond acceptors (Lipinski definition) is 4. The van der Waals surface area contributed by atoms with Crippen molar-refractivity contribution in [1.82, 2.24) is 14.6 Å². The maximum Gasteiger partial charge on any atom is 0.256 e. The van der Waals surface area contributed by atoms with Crippen LogP contribution in [0, 0.1) is 0 Å². The Morgan fingerprint density at radius 2 is 1.96 bits per heavy atom.